The molecular weight excluding hydrogens is 298 g/mol. The van der Waals surface area contributed by atoms with Gasteiger partial charge in [-0.15, -0.1) is 0 Å². The number of rotatable bonds is 13. The van der Waals surface area contributed by atoms with Crippen LogP contribution in [0.5, 0.6) is 0 Å². The van der Waals surface area contributed by atoms with Gasteiger partial charge in [0.25, 0.3) is 0 Å². The van der Waals surface area contributed by atoms with Crippen LogP contribution in [0.3, 0.4) is 0 Å². The lowest BCUT2D eigenvalue weighted by atomic mass is 10.0. The number of carbonyl (C=O) groups is 1. The minimum Gasteiger partial charge on any atom is -0.461 e. The zero-order chi connectivity index (χ0) is 17.8. The Hall–Kier alpha value is -1.25. The van der Waals surface area contributed by atoms with Crippen molar-refractivity contribution in [2.45, 2.75) is 98.3 Å². The van der Waals surface area contributed by atoms with Crippen molar-refractivity contribution in [3.05, 3.63) is 22.5 Å². The highest BCUT2D eigenvalue weighted by atomic mass is 16.5. The van der Waals surface area contributed by atoms with E-state index in [2.05, 4.69) is 18.8 Å². The molecule has 0 amide bonds. The summed E-state index contributed by atoms with van der Waals surface area (Å²) in [6.45, 7) is 8.62. The fourth-order valence-corrected chi connectivity index (χ4v) is 3.36. The molecule has 24 heavy (non-hydrogen) atoms. The molecule has 3 heteroatoms. The van der Waals surface area contributed by atoms with E-state index in [9.17, 15) is 4.79 Å². The van der Waals surface area contributed by atoms with E-state index in [4.69, 9.17) is 4.74 Å². The molecule has 0 radical (unpaired) electrons. The molecule has 1 aromatic rings. The second-order valence-corrected chi connectivity index (χ2v) is 6.88. The third-order valence-corrected chi connectivity index (χ3v) is 4.85. The number of hydrogen-bond donors (Lipinski definition) is 1. The first-order valence-electron chi connectivity index (χ1n) is 9.96. The van der Waals surface area contributed by atoms with Gasteiger partial charge < -0.3 is 9.72 Å². The first-order valence-corrected chi connectivity index (χ1v) is 9.96. The van der Waals surface area contributed by atoms with Crippen LogP contribution in [0.2, 0.25) is 0 Å². The molecule has 0 fully saturated rings. The largest absolute Gasteiger partial charge is 0.461 e. The van der Waals surface area contributed by atoms with Crippen molar-refractivity contribution in [3.8, 4) is 0 Å². The number of carbonyl (C=O) groups excluding carboxylic acids is 1. The van der Waals surface area contributed by atoms with Crippen LogP contribution in [-0.4, -0.2) is 17.6 Å². The number of H-pyrrole nitrogens is 1. The summed E-state index contributed by atoms with van der Waals surface area (Å²) in [7, 11) is 0. The molecular formula is C21H37NO2. The molecule has 3 nitrogen and oxygen atoms in total. The number of aromatic nitrogens is 1. The van der Waals surface area contributed by atoms with Gasteiger partial charge in [0.05, 0.1) is 6.61 Å². The number of unbranched alkanes of at least 4 members (excludes halogenated alkanes) is 9. The van der Waals surface area contributed by atoms with Crippen LogP contribution in [0, 0.1) is 13.8 Å². The first-order chi connectivity index (χ1) is 11.6. The Balaban J connectivity index is 2.22. The summed E-state index contributed by atoms with van der Waals surface area (Å²) in [5, 5.41) is 0. The van der Waals surface area contributed by atoms with Gasteiger partial charge in [0, 0.05) is 5.69 Å². The molecule has 0 aliphatic heterocycles. The van der Waals surface area contributed by atoms with E-state index in [1.165, 1.54) is 69.8 Å². The van der Waals surface area contributed by atoms with Crippen LogP contribution in [0.1, 0.15) is 105 Å². The van der Waals surface area contributed by atoms with Gasteiger partial charge in [-0.25, -0.2) is 4.79 Å². The third kappa shape index (κ3) is 7.11. The normalized spacial score (nSPS) is 11.0. The fraction of sp³-hybridized carbons (Fsp3) is 0.762. The number of aromatic amines is 1. The molecule has 138 valence electrons. The Morgan fingerprint density at radius 3 is 1.96 bits per heavy atom. The van der Waals surface area contributed by atoms with Crippen LogP contribution in [0.4, 0.5) is 0 Å². The molecule has 1 rings (SSSR count). The number of hydrogen-bond acceptors (Lipinski definition) is 2. The van der Waals surface area contributed by atoms with Crippen LogP contribution in [0.25, 0.3) is 0 Å². The summed E-state index contributed by atoms with van der Waals surface area (Å²) in [5.41, 5.74) is 4.13. The van der Waals surface area contributed by atoms with Crippen molar-refractivity contribution in [1.82, 2.24) is 4.98 Å². The van der Waals surface area contributed by atoms with Gasteiger partial charge in [0.15, 0.2) is 0 Å². The maximum atomic E-state index is 11.9. The Bertz CT molecular complexity index is 476. The molecule has 1 heterocycles. The molecule has 0 aliphatic rings. The number of ether oxygens (including phenoxy) is 1. The quantitative estimate of drug-likeness (QED) is 0.341. The number of aryl methyl sites for hydroxylation is 1. The van der Waals surface area contributed by atoms with Crippen LogP contribution in [0.15, 0.2) is 0 Å². The number of esters is 1. The van der Waals surface area contributed by atoms with E-state index in [0.717, 1.165) is 17.7 Å². The average Bonchev–Trinajstić information content (AvgIpc) is 2.84. The predicted molar refractivity (Wildman–Crippen MR) is 102 cm³/mol. The average molecular weight is 336 g/mol. The maximum absolute atomic E-state index is 11.9. The Labute approximate surface area is 148 Å². The Kier molecular flexibility index (Phi) is 10.5. The Morgan fingerprint density at radius 2 is 1.42 bits per heavy atom. The Morgan fingerprint density at radius 1 is 0.875 bits per heavy atom. The van der Waals surface area contributed by atoms with Gasteiger partial charge >= 0.3 is 5.97 Å². The molecule has 0 spiro atoms. The summed E-state index contributed by atoms with van der Waals surface area (Å²) in [6.07, 6.45) is 14.6. The van der Waals surface area contributed by atoms with E-state index < -0.39 is 0 Å². The molecule has 0 atom stereocenters. The maximum Gasteiger partial charge on any atom is 0.355 e. The van der Waals surface area contributed by atoms with Gasteiger partial charge in [-0.2, -0.15) is 0 Å². The first kappa shape index (κ1) is 20.8. The summed E-state index contributed by atoms with van der Waals surface area (Å²) in [5.74, 6) is -0.229. The van der Waals surface area contributed by atoms with Gasteiger partial charge in [-0.05, 0) is 44.7 Å². The summed E-state index contributed by atoms with van der Waals surface area (Å²) < 4.78 is 5.11. The summed E-state index contributed by atoms with van der Waals surface area (Å²) in [6, 6.07) is 0. The SMILES string of the molecule is CCCCCCCCCCCCc1c(C)[nH]c(C(=O)OCC)c1C. The van der Waals surface area contributed by atoms with Crippen molar-refractivity contribution in [3.63, 3.8) is 0 Å². The van der Waals surface area contributed by atoms with Crippen LogP contribution < -0.4 is 0 Å². The lowest BCUT2D eigenvalue weighted by Gasteiger charge is -2.04. The van der Waals surface area contributed by atoms with E-state index >= 15 is 0 Å². The topological polar surface area (TPSA) is 42.1 Å². The van der Waals surface area contributed by atoms with Crippen LogP contribution in [-0.2, 0) is 11.2 Å². The highest BCUT2D eigenvalue weighted by Crippen LogP contribution is 2.21. The van der Waals surface area contributed by atoms with E-state index in [-0.39, 0.29) is 5.97 Å². The van der Waals surface area contributed by atoms with Gasteiger partial charge in [0.1, 0.15) is 5.69 Å². The minimum absolute atomic E-state index is 0.229. The fourth-order valence-electron chi connectivity index (χ4n) is 3.36. The molecule has 0 unspecified atom stereocenters. The van der Waals surface area contributed by atoms with Crippen molar-refractivity contribution in [2.75, 3.05) is 6.61 Å². The van der Waals surface area contributed by atoms with Gasteiger partial charge in [0.2, 0.25) is 0 Å². The molecule has 0 saturated heterocycles. The van der Waals surface area contributed by atoms with Crippen molar-refractivity contribution in [2.24, 2.45) is 0 Å². The molecule has 1 aromatic heterocycles. The van der Waals surface area contributed by atoms with Crippen molar-refractivity contribution < 1.29 is 9.53 Å². The minimum atomic E-state index is -0.229. The molecule has 1 N–H and O–H groups in total. The molecule has 0 saturated carbocycles. The smallest absolute Gasteiger partial charge is 0.355 e. The lowest BCUT2D eigenvalue weighted by molar-refractivity contribution is 0.0519. The zero-order valence-corrected chi connectivity index (χ0v) is 16.3. The summed E-state index contributed by atoms with van der Waals surface area (Å²) in [4.78, 5) is 15.1. The van der Waals surface area contributed by atoms with E-state index in [1.54, 1.807) is 0 Å². The molecule has 0 bridgehead atoms. The molecule has 0 aromatic carbocycles. The standard InChI is InChI=1S/C21H37NO2/c1-5-7-8-9-10-11-12-13-14-15-16-19-17(3)20(22-18(19)4)21(23)24-6-2/h22H,5-16H2,1-4H3. The van der Waals surface area contributed by atoms with Crippen LogP contribution >= 0.6 is 0 Å². The molecule has 0 aliphatic carbocycles. The monoisotopic (exact) mass is 335 g/mol. The predicted octanol–water partition coefficient (Wildman–Crippen LogP) is 6.27. The van der Waals surface area contributed by atoms with Gasteiger partial charge in [-0.3, -0.25) is 0 Å². The lowest BCUT2D eigenvalue weighted by Crippen LogP contribution is -2.06. The van der Waals surface area contributed by atoms with Crippen molar-refractivity contribution >= 4 is 5.97 Å². The zero-order valence-electron chi connectivity index (χ0n) is 16.3. The van der Waals surface area contributed by atoms with Gasteiger partial charge in [-0.1, -0.05) is 64.7 Å². The highest BCUT2D eigenvalue weighted by Gasteiger charge is 2.17. The second-order valence-electron chi connectivity index (χ2n) is 6.88. The van der Waals surface area contributed by atoms with Crippen molar-refractivity contribution in [1.29, 1.82) is 0 Å². The van der Waals surface area contributed by atoms with E-state index in [0.29, 0.717) is 12.3 Å². The second kappa shape index (κ2) is 12.2. The van der Waals surface area contributed by atoms with E-state index in [1.807, 2.05) is 13.8 Å². The highest BCUT2D eigenvalue weighted by molar-refractivity contribution is 5.89. The third-order valence-electron chi connectivity index (χ3n) is 4.85. The summed E-state index contributed by atoms with van der Waals surface area (Å²) >= 11 is 0. The number of nitrogens with one attached hydrogen (secondary N) is 1.